The van der Waals surface area contributed by atoms with Crippen LogP contribution in [0.15, 0.2) is 66.9 Å². The predicted molar refractivity (Wildman–Crippen MR) is 119 cm³/mol. The highest BCUT2D eigenvalue weighted by atomic mass is 19.4. The molecule has 0 aliphatic rings. The number of benzene rings is 2. The molecule has 164 valence electrons. The molecule has 2 aromatic carbocycles. The fourth-order valence-electron chi connectivity index (χ4n) is 3.36. The first-order valence-electron chi connectivity index (χ1n) is 10.8. The van der Waals surface area contributed by atoms with Crippen molar-refractivity contribution < 1.29 is 17.9 Å². The zero-order chi connectivity index (χ0) is 22.1. The molecule has 0 aliphatic heterocycles. The van der Waals surface area contributed by atoms with Crippen molar-refractivity contribution in [1.29, 1.82) is 0 Å². The molecule has 31 heavy (non-hydrogen) atoms. The molecule has 0 N–H and O–H groups in total. The Morgan fingerprint density at radius 3 is 2.00 bits per heavy atom. The molecular formula is C26H28F3NO. The van der Waals surface area contributed by atoms with Crippen molar-refractivity contribution in [3.8, 4) is 28.1 Å². The quantitative estimate of drug-likeness (QED) is 0.307. The van der Waals surface area contributed by atoms with Crippen molar-refractivity contribution in [1.82, 2.24) is 4.98 Å². The van der Waals surface area contributed by atoms with Crippen molar-refractivity contribution >= 4 is 0 Å². The van der Waals surface area contributed by atoms with Gasteiger partial charge in [0.1, 0.15) is 5.75 Å². The zero-order valence-electron chi connectivity index (χ0n) is 17.8. The number of hydrogen-bond acceptors (Lipinski definition) is 2. The topological polar surface area (TPSA) is 22.1 Å². The summed E-state index contributed by atoms with van der Waals surface area (Å²) in [6.07, 6.45) is 1.70. The maximum Gasteiger partial charge on any atom is 0.389 e. The van der Waals surface area contributed by atoms with E-state index in [9.17, 15) is 13.2 Å². The van der Waals surface area contributed by atoms with Gasteiger partial charge in [0, 0.05) is 18.2 Å². The van der Waals surface area contributed by atoms with E-state index in [4.69, 9.17) is 4.74 Å². The molecule has 0 radical (unpaired) electrons. The molecule has 0 aliphatic carbocycles. The van der Waals surface area contributed by atoms with Gasteiger partial charge in [0.2, 0.25) is 0 Å². The smallest absolute Gasteiger partial charge is 0.389 e. The van der Waals surface area contributed by atoms with Crippen molar-refractivity contribution in [3.05, 3.63) is 72.4 Å². The number of rotatable bonds is 10. The lowest BCUT2D eigenvalue weighted by Crippen LogP contribution is -2.09. The Labute approximate surface area is 182 Å². The third-order valence-corrected chi connectivity index (χ3v) is 5.14. The molecule has 0 atom stereocenters. The van der Waals surface area contributed by atoms with Gasteiger partial charge in [0.15, 0.2) is 0 Å². The fourth-order valence-corrected chi connectivity index (χ4v) is 3.36. The highest BCUT2D eigenvalue weighted by Crippen LogP contribution is 2.26. The first-order valence-corrected chi connectivity index (χ1v) is 10.8. The first-order chi connectivity index (χ1) is 14.9. The van der Waals surface area contributed by atoms with E-state index in [1.165, 1.54) is 24.8 Å². The van der Waals surface area contributed by atoms with E-state index in [1.807, 2.05) is 30.5 Å². The molecule has 0 saturated carbocycles. The third kappa shape index (κ3) is 7.42. The monoisotopic (exact) mass is 427 g/mol. The Kier molecular flexibility index (Phi) is 8.10. The highest BCUT2D eigenvalue weighted by molar-refractivity contribution is 5.69. The number of pyridine rings is 1. The van der Waals surface area contributed by atoms with Gasteiger partial charge in [-0.05, 0) is 54.2 Å². The van der Waals surface area contributed by atoms with E-state index in [0.717, 1.165) is 28.8 Å². The minimum absolute atomic E-state index is 0.0412. The molecule has 5 heteroatoms. The van der Waals surface area contributed by atoms with Gasteiger partial charge in [-0.15, -0.1) is 0 Å². The van der Waals surface area contributed by atoms with Gasteiger partial charge >= 0.3 is 6.18 Å². The Bertz CT molecular complexity index is 917. The van der Waals surface area contributed by atoms with Crippen molar-refractivity contribution in [2.24, 2.45) is 0 Å². The summed E-state index contributed by atoms with van der Waals surface area (Å²) in [6.45, 7) is 2.26. The Hall–Kier alpha value is -2.82. The second-order valence-electron chi connectivity index (χ2n) is 7.68. The van der Waals surface area contributed by atoms with Gasteiger partial charge in [-0.1, -0.05) is 62.2 Å². The van der Waals surface area contributed by atoms with Gasteiger partial charge in [0.25, 0.3) is 0 Å². The summed E-state index contributed by atoms with van der Waals surface area (Å²) in [7, 11) is 0. The van der Waals surface area contributed by atoms with E-state index in [-0.39, 0.29) is 13.0 Å². The SMILES string of the molecule is CCCCCc1ccc(-c2ccc(-c3ccc(OCCCC(F)(F)F)cc3)cc2)nc1. The van der Waals surface area contributed by atoms with Crippen LogP contribution in [0.2, 0.25) is 0 Å². The number of aryl methyl sites for hydroxylation is 1. The highest BCUT2D eigenvalue weighted by Gasteiger charge is 2.26. The predicted octanol–water partition coefficient (Wildman–Crippen LogP) is 7.87. The summed E-state index contributed by atoms with van der Waals surface area (Å²) in [6, 6.07) is 19.8. The summed E-state index contributed by atoms with van der Waals surface area (Å²) in [5.74, 6) is 0.575. The molecule has 3 rings (SSSR count). The van der Waals surface area contributed by atoms with E-state index < -0.39 is 12.6 Å². The van der Waals surface area contributed by atoms with Crippen LogP contribution in [0, 0.1) is 0 Å². The fraction of sp³-hybridized carbons (Fsp3) is 0.346. The molecule has 1 heterocycles. The Balaban J connectivity index is 1.56. The standard InChI is InChI=1S/C26H28F3NO/c1-2-3-4-6-20-7-16-25(30-19-20)23-10-8-21(9-11-23)22-12-14-24(15-13-22)31-18-5-17-26(27,28)29/h7-16,19H,2-6,17-18H2,1H3. The van der Waals surface area contributed by atoms with Crippen LogP contribution in [0.25, 0.3) is 22.4 Å². The van der Waals surface area contributed by atoms with Crippen molar-refractivity contribution in [2.75, 3.05) is 6.61 Å². The molecule has 0 saturated heterocycles. The lowest BCUT2D eigenvalue weighted by Gasteiger charge is -2.09. The third-order valence-electron chi connectivity index (χ3n) is 5.14. The van der Waals surface area contributed by atoms with Crippen LogP contribution in [0.1, 0.15) is 44.6 Å². The molecule has 1 aromatic heterocycles. The summed E-state index contributed by atoms with van der Waals surface area (Å²) in [5, 5.41) is 0. The van der Waals surface area contributed by atoms with Crippen LogP contribution in [0.5, 0.6) is 5.75 Å². The summed E-state index contributed by atoms with van der Waals surface area (Å²) in [5.41, 5.74) is 5.37. The molecular weight excluding hydrogens is 399 g/mol. The number of unbranched alkanes of at least 4 members (excludes halogenated alkanes) is 2. The molecule has 2 nitrogen and oxygen atoms in total. The maximum absolute atomic E-state index is 12.2. The first kappa shape index (κ1) is 22.9. The number of ether oxygens (including phenoxy) is 1. The number of nitrogens with zero attached hydrogens (tertiary/aromatic N) is 1. The summed E-state index contributed by atoms with van der Waals surface area (Å²) >= 11 is 0. The van der Waals surface area contributed by atoms with Crippen LogP contribution in [-0.4, -0.2) is 17.8 Å². The second kappa shape index (κ2) is 11.0. The van der Waals surface area contributed by atoms with Crippen molar-refractivity contribution in [2.45, 2.75) is 51.6 Å². The Morgan fingerprint density at radius 1 is 0.774 bits per heavy atom. The number of alkyl halides is 3. The van der Waals surface area contributed by atoms with Crippen LogP contribution < -0.4 is 4.74 Å². The van der Waals surface area contributed by atoms with Gasteiger partial charge < -0.3 is 4.74 Å². The van der Waals surface area contributed by atoms with E-state index in [2.05, 4.69) is 36.2 Å². The lowest BCUT2D eigenvalue weighted by molar-refractivity contribution is -0.136. The Morgan fingerprint density at radius 2 is 1.42 bits per heavy atom. The lowest BCUT2D eigenvalue weighted by atomic mass is 10.0. The number of hydrogen-bond donors (Lipinski definition) is 0. The van der Waals surface area contributed by atoms with Crippen LogP contribution in [0.3, 0.4) is 0 Å². The molecule has 0 fully saturated rings. The minimum atomic E-state index is -4.13. The summed E-state index contributed by atoms with van der Waals surface area (Å²) < 4.78 is 41.9. The van der Waals surface area contributed by atoms with E-state index in [1.54, 1.807) is 12.1 Å². The van der Waals surface area contributed by atoms with Crippen molar-refractivity contribution in [3.63, 3.8) is 0 Å². The molecule has 0 spiro atoms. The number of halogens is 3. The molecule has 0 amide bonds. The molecule has 3 aromatic rings. The normalized spacial score (nSPS) is 11.5. The van der Waals surface area contributed by atoms with E-state index >= 15 is 0 Å². The van der Waals surface area contributed by atoms with Gasteiger partial charge in [-0.25, -0.2) is 0 Å². The van der Waals surface area contributed by atoms with Crippen LogP contribution in [-0.2, 0) is 6.42 Å². The maximum atomic E-state index is 12.2. The minimum Gasteiger partial charge on any atom is -0.494 e. The number of aromatic nitrogens is 1. The van der Waals surface area contributed by atoms with Gasteiger partial charge in [0.05, 0.1) is 12.3 Å². The molecule has 0 unspecified atom stereocenters. The average molecular weight is 428 g/mol. The molecule has 0 bridgehead atoms. The summed E-state index contributed by atoms with van der Waals surface area (Å²) in [4.78, 5) is 4.61. The van der Waals surface area contributed by atoms with Crippen LogP contribution >= 0.6 is 0 Å². The zero-order valence-corrected chi connectivity index (χ0v) is 17.8. The largest absolute Gasteiger partial charge is 0.494 e. The van der Waals surface area contributed by atoms with Gasteiger partial charge in [-0.2, -0.15) is 13.2 Å². The van der Waals surface area contributed by atoms with Crippen LogP contribution in [0.4, 0.5) is 13.2 Å². The van der Waals surface area contributed by atoms with Gasteiger partial charge in [-0.3, -0.25) is 4.98 Å². The average Bonchev–Trinajstić information content (AvgIpc) is 2.77. The second-order valence-corrected chi connectivity index (χ2v) is 7.68. The van der Waals surface area contributed by atoms with E-state index in [0.29, 0.717) is 5.75 Å².